The van der Waals surface area contributed by atoms with Crippen molar-refractivity contribution in [3.05, 3.63) is 62.5 Å². The number of ether oxygens (including phenoxy) is 2. The highest BCUT2D eigenvalue weighted by atomic mass is 16.5. The largest absolute Gasteiger partial charge is 0.490 e. The van der Waals surface area contributed by atoms with Crippen molar-refractivity contribution < 1.29 is 23.5 Å². The lowest BCUT2D eigenvalue weighted by Gasteiger charge is -2.20. The molecular weight excluding hydrogens is 430 g/mol. The van der Waals surface area contributed by atoms with Crippen molar-refractivity contribution in [1.82, 2.24) is 14.0 Å². The minimum absolute atomic E-state index is 0.171. The first-order chi connectivity index (χ1) is 15.8. The van der Waals surface area contributed by atoms with Gasteiger partial charge in [-0.15, -0.1) is 0 Å². The Labute approximate surface area is 188 Å². The molecule has 3 heterocycles. The van der Waals surface area contributed by atoms with E-state index in [0.717, 1.165) is 0 Å². The Bertz CT molecular complexity index is 1330. The lowest BCUT2D eigenvalue weighted by Crippen LogP contribution is -2.38. The van der Waals surface area contributed by atoms with Gasteiger partial charge in [0.05, 0.1) is 18.7 Å². The molecule has 1 aromatic carbocycles. The van der Waals surface area contributed by atoms with Gasteiger partial charge >= 0.3 is 11.7 Å². The predicted octanol–water partition coefficient (Wildman–Crippen LogP) is 1.41. The molecule has 10 nitrogen and oxygen atoms in total. The van der Waals surface area contributed by atoms with Crippen molar-refractivity contribution in [1.29, 1.82) is 0 Å². The Morgan fingerprint density at radius 3 is 2.61 bits per heavy atom. The van der Waals surface area contributed by atoms with E-state index >= 15 is 0 Å². The summed E-state index contributed by atoms with van der Waals surface area (Å²) >= 11 is 0. The first-order valence-corrected chi connectivity index (χ1v) is 10.7. The molecule has 0 N–H and O–H groups in total. The molecule has 10 heteroatoms. The van der Waals surface area contributed by atoms with E-state index < -0.39 is 11.7 Å². The normalized spacial score (nSPS) is 13.6. The first kappa shape index (κ1) is 22.4. The second-order valence-corrected chi connectivity index (χ2v) is 8.03. The number of nitrogens with zero attached hydrogens (tertiary/aromatic N) is 3. The third-order valence-corrected chi connectivity index (χ3v) is 5.57. The number of carbonyl (C=O) groups excluding carboxylic acids is 2. The fourth-order valence-corrected chi connectivity index (χ4v) is 4.07. The average Bonchev–Trinajstić information content (AvgIpc) is 2.94. The van der Waals surface area contributed by atoms with E-state index in [-0.39, 0.29) is 61.5 Å². The predicted molar refractivity (Wildman–Crippen MR) is 119 cm³/mol. The van der Waals surface area contributed by atoms with E-state index in [1.807, 2.05) is 0 Å². The van der Waals surface area contributed by atoms with Gasteiger partial charge in [0.1, 0.15) is 17.9 Å². The Kier molecular flexibility index (Phi) is 6.08. The SMILES string of the molecule is COC(=O)c1c(OC(C)C)cc(=O)n2c1CCN(C(=O)Cn1c(=O)oc3ccccc31)CC2. The fraction of sp³-hybridized carbons (Fsp3) is 0.391. The maximum Gasteiger partial charge on any atom is 0.420 e. The van der Waals surface area contributed by atoms with Gasteiger partial charge in [-0.25, -0.2) is 9.59 Å². The maximum absolute atomic E-state index is 13.1. The van der Waals surface area contributed by atoms with Gasteiger partial charge in [-0.3, -0.25) is 14.2 Å². The number of hydrogen-bond donors (Lipinski definition) is 0. The molecule has 2 aromatic heterocycles. The second-order valence-electron chi connectivity index (χ2n) is 8.03. The molecule has 0 saturated heterocycles. The van der Waals surface area contributed by atoms with Gasteiger partial charge < -0.3 is 23.4 Å². The molecule has 1 amide bonds. The number of methoxy groups -OCH3 is 1. The maximum atomic E-state index is 13.1. The quantitative estimate of drug-likeness (QED) is 0.535. The van der Waals surface area contributed by atoms with Crippen LogP contribution in [0.5, 0.6) is 5.75 Å². The number of oxazole rings is 1. The molecule has 0 aliphatic carbocycles. The minimum atomic E-state index is -0.609. The number of carbonyl (C=O) groups is 2. The van der Waals surface area contributed by atoms with Gasteiger partial charge in [-0.1, -0.05) is 12.1 Å². The third-order valence-electron chi connectivity index (χ3n) is 5.57. The lowest BCUT2D eigenvalue weighted by atomic mass is 10.1. The van der Waals surface area contributed by atoms with Gasteiger partial charge in [0.2, 0.25) is 5.91 Å². The number of rotatable bonds is 5. The standard InChI is InChI=1S/C23H25N3O7/c1-14(2)32-18-12-19(27)25-11-10-24(9-8-16(25)21(18)22(29)31-3)20(28)13-26-15-6-4-5-7-17(15)33-23(26)30/h4-7,12,14H,8-11,13H2,1-3H3. The van der Waals surface area contributed by atoms with Crippen LogP contribution < -0.4 is 16.1 Å². The van der Waals surface area contributed by atoms with Crippen LogP contribution in [0.25, 0.3) is 11.1 Å². The Morgan fingerprint density at radius 1 is 1.12 bits per heavy atom. The van der Waals surface area contributed by atoms with Crippen LogP contribution in [0.2, 0.25) is 0 Å². The second kappa shape index (κ2) is 8.97. The Morgan fingerprint density at radius 2 is 1.88 bits per heavy atom. The summed E-state index contributed by atoms with van der Waals surface area (Å²) in [6.45, 7) is 4.12. The van der Waals surface area contributed by atoms with Crippen molar-refractivity contribution in [3.63, 3.8) is 0 Å². The lowest BCUT2D eigenvalue weighted by molar-refractivity contribution is -0.131. The molecular formula is C23H25N3O7. The van der Waals surface area contributed by atoms with Crippen molar-refractivity contribution in [2.45, 2.75) is 39.5 Å². The smallest absolute Gasteiger partial charge is 0.420 e. The zero-order chi connectivity index (χ0) is 23.7. The van der Waals surface area contributed by atoms with Crippen molar-refractivity contribution in [2.24, 2.45) is 0 Å². The van der Waals surface area contributed by atoms with E-state index in [1.165, 1.54) is 22.3 Å². The fourth-order valence-electron chi connectivity index (χ4n) is 4.07. The van der Waals surface area contributed by atoms with Crippen LogP contribution >= 0.6 is 0 Å². The van der Waals surface area contributed by atoms with Crippen LogP contribution in [0.15, 0.2) is 44.3 Å². The summed E-state index contributed by atoms with van der Waals surface area (Å²) in [5, 5.41) is 0. The molecule has 1 aliphatic heterocycles. The molecule has 3 aromatic rings. The Hall–Kier alpha value is -3.82. The highest BCUT2D eigenvalue weighted by molar-refractivity contribution is 5.93. The number of benzene rings is 1. The highest BCUT2D eigenvalue weighted by Crippen LogP contribution is 2.25. The summed E-state index contributed by atoms with van der Waals surface area (Å²) in [5.41, 5.74) is 1.28. The van der Waals surface area contributed by atoms with Crippen molar-refractivity contribution in [2.75, 3.05) is 20.2 Å². The number of esters is 1. The molecule has 1 aliphatic rings. The number of fused-ring (bicyclic) bond motifs is 2. The van der Waals surface area contributed by atoms with E-state index in [2.05, 4.69) is 0 Å². The van der Waals surface area contributed by atoms with Crippen LogP contribution in [0, 0.1) is 0 Å². The van der Waals surface area contributed by atoms with Crippen LogP contribution in [0.4, 0.5) is 0 Å². The van der Waals surface area contributed by atoms with Gasteiger partial charge in [0.25, 0.3) is 5.56 Å². The highest BCUT2D eigenvalue weighted by Gasteiger charge is 2.28. The van der Waals surface area contributed by atoms with Crippen LogP contribution in [-0.2, 0) is 29.0 Å². The van der Waals surface area contributed by atoms with Gasteiger partial charge in [-0.2, -0.15) is 0 Å². The van der Waals surface area contributed by atoms with Crippen LogP contribution in [0.1, 0.15) is 29.9 Å². The summed E-state index contributed by atoms with van der Waals surface area (Å²) in [4.78, 5) is 52.2. The zero-order valence-corrected chi connectivity index (χ0v) is 18.7. The number of amides is 1. The molecule has 0 bridgehead atoms. The number of hydrogen-bond acceptors (Lipinski definition) is 7. The van der Waals surface area contributed by atoms with E-state index in [9.17, 15) is 19.2 Å². The molecule has 4 rings (SSSR count). The average molecular weight is 455 g/mol. The summed E-state index contributed by atoms with van der Waals surface area (Å²) < 4.78 is 18.6. The molecule has 33 heavy (non-hydrogen) atoms. The van der Waals surface area contributed by atoms with E-state index in [4.69, 9.17) is 13.9 Å². The van der Waals surface area contributed by atoms with Gasteiger partial charge in [-0.05, 0) is 26.0 Å². The van der Waals surface area contributed by atoms with Crippen molar-refractivity contribution >= 4 is 23.0 Å². The first-order valence-electron chi connectivity index (χ1n) is 10.7. The molecule has 0 atom stereocenters. The molecule has 0 radical (unpaired) electrons. The monoisotopic (exact) mass is 455 g/mol. The molecule has 174 valence electrons. The minimum Gasteiger partial charge on any atom is -0.490 e. The molecule has 0 unspecified atom stereocenters. The molecule has 0 fully saturated rings. The number of para-hydroxylation sites is 2. The van der Waals surface area contributed by atoms with Crippen molar-refractivity contribution in [3.8, 4) is 5.75 Å². The van der Waals surface area contributed by atoms with Crippen LogP contribution in [-0.4, -0.2) is 52.2 Å². The zero-order valence-electron chi connectivity index (χ0n) is 18.7. The van der Waals surface area contributed by atoms with Crippen LogP contribution in [0.3, 0.4) is 0 Å². The summed E-state index contributed by atoms with van der Waals surface area (Å²) in [6, 6.07) is 8.17. The molecule has 0 saturated carbocycles. The summed E-state index contributed by atoms with van der Waals surface area (Å²) in [6.07, 6.45) is 0.00433. The number of aromatic nitrogens is 2. The molecule has 0 spiro atoms. The Balaban J connectivity index is 1.63. The summed E-state index contributed by atoms with van der Waals surface area (Å²) in [5.74, 6) is -1.33. The van der Waals surface area contributed by atoms with E-state index in [0.29, 0.717) is 16.8 Å². The third kappa shape index (κ3) is 4.28. The topological polar surface area (TPSA) is 113 Å². The van der Waals surface area contributed by atoms with E-state index in [1.54, 1.807) is 43.0 Å². The van der Waals surface area contributed by atoms with Gasteiger partial charge in [0.15, 0.2) is 5.58 Å². The van der Waals surface area contributed by atoms with Gasteiger partial charge in [0, 0.05) is 37.8 Å². The summed E-state index contributed by atoms with van der Waals surface area (Å²) in [7, 11) is 1.27. The number of pyridine rings is 1.